The Morgan fingerprint density at radius 2 is 1.49 bits per heavy atom. The second-order valence-electron chi connectivity index (χ2n) is 11.6. The number of halogens is 3. The van der Waals surface area contributed by atoms with E-state index in [1.165, 1.54) is 0 Å². The number of benzene rings is 1. The Morgan fingerprint density at radius 1 is 0.854 bits per heavy atom. The van der Waals surface area contributed by atoms with Crippen LogP contribution in [0.1, 0.15) is 55.5 Å². The third kappa shape index (κ3) is 8.31. The summed E-state index contributed by atoms with van der Waals surface area (Å²) in [5, 5.41) is 2.98. The normalized spacial score (nSPS) is 17.1. The van der Waals surface area contributed by atoms with Crippen molar-refractivity contribution in [1.29, 1.82) is 0 Å². The Labute approximate surface area is 239 Å². The maximum absolute atomic E-state index is 13.5. The summed E-state index contributed by atoms with van der Waals surface area (Å²) < 4.78 is 40.4. The van der Waals surface area contributed by atoms with E-state index in [1.54, 1.807) is 21.9 Å². The number of carbonyl (C=O) groups excluding carboxylic acids is 2. The molecule has 0 aliphatic carbocycles. The van der Waals surface area contributed by atoms with Crippen LogP contribution in [-0.2, 0) is 11.6 Å². The van der Waals surface area contributed by atoms with Gasteiger partial charge in [0.25, 0.3) is 5.91 Å². The summed E-state index contributed by atoms with van der Waals surface area (Å²) in [6.07, 6.45) is -2.79. The summed E-state index contributed by atoms with van der Waals surface area (Å²) in [7, 11) is 0. The van der Waals surface area contributed by atoms with Crippen LogP contribution >= 0.6 is 0 Å². The zero-order chi connectivity index (χ0) is 29.6. The molecule has 9 nitrogen and oxygen atoms in total. The van der Waals surface area contributed by atoms with E-state index in [9.17, 15) is 22.8 Å². The van der Waals surface area contributed by atoms with Crippen molar-refractivity contribution in [2.45, 2.75) is 45.2 Å². The average molecular weight is 576 g/mol. The Morgan fingerprint density at radius 3 is 2.10 bits per heavy atom. The van der Waals surface area contributed by atoms with Crippen LogP contribution in [0.5, 0.6) is 0 Å². The molecule has 0 radical (unpaired) electrons. The van der Waals surface area contributed by atoms with E-state index < -0.39 is 17.3 Å². The van der Waals surface area contributed by atoms with Crippen LogP contribution in [-0.4, -0.2) is 102 Å². The minimum atomic E-state index is -4.52. The summed E-state index contributed by atoms with van der Waals surface area (Å²) in [6.45, 7) is 11.5. The quantitative estimate of drug-likeness (QED) is 0.505. The van der Waals surface area contributed by atoms with E-state index >= 15 is 0 Å². The van der Waals surface area contributed by atoms with Gasteiger partial charge in [0.05, 0.1) is 0 Å². The lowest BCUT2D eigenvalue weighted by Crippen LogP contribution is -2.53. The van der Waals surface area contributed by atoms with Crippen LogP contribution in [0, 0.1) is 0 Å². The molecule has 3 heterocycles. The van der Waals surface area contributed by atoms with Crippen molar-refractivity contribution in [3.8, 4) is 0 Å². The van der Waals surface area contributed by atoms with Gasteiger partial charge < -0.3 is 20.0 Å². The fourth-order valence-corrected chi connectivity index (χ4v) is 4.92. The molecule has 4 rings (SSSR count). The number of aromatic nitrogens is 2. The van der Waals surface area contributed by atoms with Crippen molar-refractivity contribution in [2.24, 2.45) is 0 Å². The molecule has 224 valence electrons. The number of hydrogen-bond acceptors (Lipinski definition) is 6. The van der Waals surface area contributed by atoms with Gasteiger partial charge in [0.1, 0.15) is 17.3 Å². The lowest BCUT2D eigenvalue weighted by Gasteiger charge is -2.36. The van der Waals surface area contributed by atoms with Gasteiger partial charge in [-0.2, -0.15) is 13.2 Å². The van der Waals surface area contributed by atoms with Crippen molar-refractivity contribution in [2.75, 3.05) is 70.3 Å². The number of hydrogen-bond donors (Lipinski definition) is 1. The molecule has 0 atom stereocenters. The number of nitrogens with one attached hydrogen (secondary N) is 1. The molecule has 2 aliphatic rings. The number of anilines is 1. The first kappa shape index (κ1) is 30.5. The van der Waals surface area contributed by atoms with Gasteiger partial charge in [-0.1, -0.05) is 39.0 Å². The van der Waals surface area contributed by atoms with E-state index in [-0.39, 0.29) is 17.8 Å². The highest BCUT2D eigenvalue weighted by Gasteiger charge is 2.36. The zero-order valence-corrected chi connectivity index (χ0v) is 24.1. The highest BCUT2D eigenvalue weighted by molar-refractivity contribution is 5.94. The van der Waals surface area contributed by atoms with E-state index in [1.807, 2.05) is 43.9 Å². The SMILES string of the molecule is CC(C)(C)c1nc(N2CCN(CCCCNC(=O)N3CCN(C(=O)c4ccccc4)CC3)CC2)cc(C(F)(F)F)n1. The van der Waals surface area contributed by atoms with Crippen molar-refractivity contribution in [3.05, 3.63) is 53.5 Å². The van der Waals surface area contributed by atoms with E-state index in [2.05, 4.69) is 20.2 Å². The average Bonchev–Trinajstić information content (AvgIpc) is 2.96. The van der Waals surface area contributed by atoms with Gasteiger partial charge in [0.15, 0.2) is 0 Å². The van der Waals surface area contributed by atoms with E-state index in [0.29, 0.717) is 57.2 Å². The van der Waals surface area contributed by atoms with Crippen molar-refractivity contribution in [1.82, 2.24) is 30.0 Å². The molecule has 2 fully saturated rings. The molecule has 12 heteroatoms. The van der Waals surface area contributed by atoms with Crippen LogP contribution in [0.3, 0.4) is 0 Å². The molecule has 1 aromatic heterocycles. The summed E-state index contributed by atoms with van der Waals surface area (Å²) in [4.78, 5) is 41.1. The predicted molar refractivity (Wildman–Crippen MR) is 151 cm³/mol. The van der Waals surface area contributed by atoms with Gasteiger partial charge in [-0.25, -0.2) is 14.8 Å². The number of alkyl halides is 3. The number of amides is 3. The third-order valence-electron chi connectivity index (χ3n) is 7.42. The number of rotatable bonds is 7. The number of urea groups is 1. The Kier molecular flexibility index (Phi) is 9.72. The van der Waals surface area contributed by atoms with Crippen LogP contribution in [0.25, 0.3) is 0 Å². The second-order valence-corrected chi connectivity index (χ2v) is 11.6. The fourth-order valence-electron chi connectivity index (χ4n) is 4.92. The first-order chi connectivity index (χ1) is 19.4. The molecule has 1 aromatic carbocycles. The van der Waals surface area contributed by atoms with Gasteiger partial charge in [-0.3, -0.25) is 9.69 Å². The van der Waals surface area contributed by atoms with Gasteiger partial charge in [0.2, 0.25) is 0 Å². The highest BCUT2D eigenvalue weighted by atomic mass is 19.4. The summed E-state index contributed by atoms with van der Waals surface area (Å²) in [5.41, 5.74) is -0.839. The molecule has 1 N–H and O–H groups in total. The first-order valence-corrected chi connectivity index (χ1v) is 14.2. The molecule has 0 saturated carbocycles. The number of unbranched alkanes of at least 4 members (excludes halogenated alkanes) is 1. The number of nitrogens with zero attached hydrogens (tertiary/aromatic N) is 6. The number of piperazine rings is 2. The molecule has 0 spiro atoms. The molecule has 2 aromatic rings. The molecule has 41 heavy (non-hydrogen) atoms. The fraction of sp³-hybridized carbons (Fsp3) is 0.586. The molecule has 0 bridgehead atoms. The Hall–Kier alpha value is -3.41. The van der Waals surface area contributed by atoms with Crippen molar-refractivity contribution < 1.29 is 22.8 Å². The number of carbonyl (C=O) groups is 2. The minimum absolute atomic E-state index is 0.00996. The van der Waals surface area contributed by atoms with Crippen molar-refractivity contribution in [3.63, 3.8) is 0 Å². The lowest BCUT2D eigenvalue weighted by atomic mass is 9.95. The Balaban J connectivity index is 1.14. The molecular weight excluding hydrogens is 535 g/mol. The van der Waals surface area contributed by atoms with Gasteiger partial charge in [-0.05, 0) is 31.5 Å². The standard InChI is InChI=1S/C29H40F3N7O2/c1-28(2,3)26-34-23(29(30,31)32)21-24(35-26)37-15-13-36(14-16-37)12-8-7-11-33-27(41)39-19-17-38(18-20-39)25(40)22-9-5-4-6-10-22/h4-6,9-10,21H,7-8,11-20H2,1-3H3,(H,33,41). The first-order valence-electron chi connectivity index (χ1n) is 14.2. The zero-order valence-electron chi connectivity index (χ0n) is 24.1. The molecule has 2 saturated heterocycles. The molecule has 0 unspecified atom stereocenters. The monoisotopic (exact) mass is 575 g/mol. The second kappa shape index (κ2) is 13.1. The summed E-state index contributed by atoms with van der Waals surface area (Å²) >= 11 is 0. The third-order valence-corrected chi connectivity index (χ3v) is 7.42. The summed E-state index contributed by atoms with van der Waals surface area (Å²) in [5.74, 6) is 0.503. The van der Waals surface area contributed by atoms with Crippen LogP contribution in [0.15, 0.2) is 36.4 Å². The van der Waals surface area contributed by atoms with Gasteiger partial charge in [0, 0.05) is 75.9 Å². The van der Waals surface area contributed by atoms with Gasteiger partial charge >= 0.3 is 12.2 Å². The molecule has 3 amide bonds. The Bertz CT molecular complexity index is 1140. The summed E-state index contributed by atoms with van der Waals surface area (Å²) in [6, 6.07) is 10.1. The van der Waals surface area contributed by atoms with Crippen LogP contribution in [0.2, 0.25) is 0 Å². The smallest absolute Gasteiger partial charge is 0.354 e. The highest BCUT2D eigenvalue weighted by Crippen LogP contribution is 2.32. The van der Waals surface area contributed by atoms with E-state index in [4.69, 9.17) is 0 Å². The topological polar surface area (TPSA) is 84.9 Å². The molecule has 2 aliphatic heterocycles. The maximum atomic E-state index is 13.5. The van der Waals surface area contributed by atoms with E-state index in [0.717, 1.165) is 38.5 Å². The largest absolute Gasteiger partial charge is 0.433 e. The van der Waals surface area contributed by atoms with Crippen LogP contribution < -0.4 is 10.2 Å². The maximum Gasteiger partial charge on any atom is 0.433 e. The van der Waals surface area contributed by atoms with Crippen molar-refractivity contribution >= 4 is 17.8 Å². The minimum Gasteiger partial charge on any atom is -0.354 e. The lowest BCUT2D eigenvalue weighted by molar-refractivity contribution is -0.141. The van der Waals surface area contributed by atoms with Crippen LogP contribution in [0.4, 0.5) is 23.8 Å². The predicted octanol–water partition coefficient (Wildman–Crippen LogP) is 3.86. The van der Waals surface area contributed by atoms with Gasteiger partial charge in [-0.15, -0.1) is 0 Å². The molecular formula is C29H40F3N7O2.